The molecule has 4 rings (SSSR count). The molecule has 0 spiro atoms. The number of ether oxygens (including phenoxy) is 1. The Hall–Kier alpha value is -2.67. The second-order valence-electron chi connectivity index (χ2n) is 8.44. The van der Waals surface area contributed by atoms with E-state index in [1.807, 2.05) is 6.07 Å². The number of likely N-dealkylation sites (tertiary alicyclic amines) is 1. The highest BCUT2D eigenvalue weighted by molar-refractivity contribution is 6.02. The lowest BCUT2D eigenvalue weighted by Gasteiger charge is -2.29. The van der Waals surface area contributed by atoms with Crippen LogP contribution in [0.3, 0.4) is 0 Å². The van der Waals surface area contributed by atoms with E-state index < -0.39 is 0 Å². The molecule has 0 bridgehead atoms. The Kier molecular flexibility index (Phi) is 6.18. The summed E-state index contributed by atoms with van der Waals surface area (Å²) < 4.78 is 5.02. The number of hydrogen-bond acceptors (Lipinski definition) is 6. The second-order valence-corrected chi connectivity index (χ2v) is 8.44. The topological polar surface area (TPSA) is 91.8 Å². The van der Waals surface area contributed by atoms with Crippen LogP contribution in [0.2, 0.25) is 0 Å². The molecule has 7 heteroatoms. The van der Waals surface area contributed by atoms with Crippen molar-refractivity contribution in [2.24, 2.45) is 5.92 Å². The third-order valence-electron chi connectivity index (χ3n) is 6.42. The van der Waals surface area contributed by atoms with Gasteiger partial charge in [-0.2, -0.15) is 0 Å². The molecule has 160 valence electrons. The highest BCUT2D eigenvalue weighted by Gasteiger charge is 2.39. The fraction of sp³-hybridized carbons (Fsp3) is 0.522. The van der Waals surface area contributed by atoms with Crippen molar-refractivity contribution in [2.45, 2.75) is 50.6 Å². The van der Waals surface area contributed by atoms with Crippen molar-refractivity contribution in [2.75, 3.05) is 20.2 Å². The molecule has 7 nitrogen and oxygen atoms in total. The van der Waals surface area contributed by atoms with Crippen molar-refractivity contribution in [1.29, 1.82) is 0 Å². The van der Waals surface area contributed by atoms with Crippen LogP contribution in [0.15, 0.2) is 30.5 Å². The van der Waals surface area contributed by atoms with Gasteiger partial charge in [0.2, 0.25) is 0 Å². The maximum Gasteiger partial charge on any atom is 0.323 e. The van der Waals surface area contributed by atoms with Crippen molar-refractivity contribution in [1.82, 2.24) is 15.2 Å². The Bertz CT molecular complexity index is 926. The van der Waals surface area contributed by atoms with Crippen LogP contribution in [0.5, 0.6) is 5.75 Å². The number of fused-ring (bicyclic) bond motifs is 1. The lowest BCUT2D eigenvalue weighted by Crippen LogP contribution is -2.41. The van der Waals surface area contributed by atoms with E-state index in [2.05, 4.69) is 15.2 Å². The first-order chi connectivity index (χ1) is 14.6. The van der Waals surface area contributed by atoms with Gasteiger partial charge in [0.15, 0.2) is 5.75 Å². The average molecular weight is 412 g/mol. The first-order valence-electron chi connectivity index (χ1n) is 10.8. The van der Waals surface area contributed by atoms with E-state index in [1.165, 1.54) is 39.2 Å². The summed E-state index contributed by atoms with van der Waals surface area (Å²) in [4.78, 5) is 31.6. The molecule has 0 unspecified atom stereocenters. The number of carbonyl (C=O) groups is 2. The van der Waals surface area contributed by atoms with E-state index in [-0.39, 0.29) is 35.3 Å². The van der Waals surface area contributed by atoms with Crippen LogP contribution in [0.4, 0.5) is 0 Å². The molecular formula is C23H29N3O4. The number of aromatic hydroxyl groups is 1. The molecule has 2 aliphatic rings. The molecule has 1 aromatic carbocycles. The first kappa shape index (κ1) is 20.6. The summed E-state index contributed by atoms with van der Waals surface area (Å²) in [5, 5.41) is 14.3. The van der Waals surface area contributed by atoms with Crippen LogP contribution in [0, 0.1) is 5.92 Å². The van der Waals surface area contributed by atoms with Gasteiger partial charge in [0.1, 0.15) is 11.6 Å². The minimum atomic E-state index is -0.354. The SMILES string of the molecule is COC(=O)[C@@H]1C[C@H](NC(=O)c2ccc3cccnc3c2O)CN1CC1CCCCC1. The monoisotopic (exact) mass is 411 g/mol. The molecule has 30 heavy (non-hydrogen) atoms. The number of nitrogens with one attached hydrogen (secondary N) is 1. The zero-order valence-electron chi connectivity index (χ0n) is 17.3. The Labute approximate surface area is 176 Å². The molecule has 2 aromatic rings. The summed E-state index contributed by atoms with van der Waals surface area (Å²) in [7, 11) is 1.41. The van der Waals surface area contributed by atoms with Crippen LogP contribution in [0.1, 0.15) is 48.9 Å². The highest BCUT2D eigenvalue weighted by Crippen LogP contribution is 2.30. The van der Waals surface area contributed by atoms with Crippen molar-refractivity contribution in [3.8, 4) is 5.75 Å². The summed E-state index contributed by atoms with van der Waals surface area (Å²) in [6, 6.07) is 6.50. The predicted molar refractivity (Wildman–Crippen MR) is 113 cm³/mol. The number of phenolic OH excluding ortho intramolecular Hbond substituents is 1. The van der Waals surface area contributed by atoms with Crippen LogP contribution in [-0.2, 0) is 9.53 Å². The lowest BCUT2D eigenvalue weighted by molar-refractivity contribution is -0.146. The van der Waals surface area contributed by atoms with E-state index in [1.54, 1.807) is 24.4 Å². The molecule has 1 saturated carbocycles. The first-order valence-corrected chi connectivity index (χ1v) is 10.8. The van der Waals surface area contributed by atoms with E-state index in [0.717, 1.165) is 11.9 Å². The lowest BCUT2D eigenvalue weighted by atomic mass is 9.89. The molecule has 2 N–H and O–H groups in total. The van der Waals surface area contributed by atoms with Gasteiger partial charge in [-0.05, 0) is 37.3 Å². The fourth-order valence-electron chi connectivity index (χ4n) is 4.87. The Morgan fingerprint density at radius 3 is 2.80 bits per heavy atom. The van der Waals surface area contributed by atoms with Crippen molar-refractivity contribution < 1.29 is 19.4 Å². The summed E-state index contributed by atoms with van der Waals surface area (Å²) in [6.07, 6.45) is 8.27. The number of esters is 1. The Morgan fingerprint density at radius 2 is 2.03 bits per heavy atom. The number of pyridine rings is 1. The standard InChI is InChI=1S/C23H29N3O4/c1-30-23(29)19-12-17(14-26(19)13-15-6-3-2-4-7-15)25-22(28)18-10-9-16-8-5-11-24-20(16)21(18)27/h5,8-11,15,17,19,27H,2-4,6-7,12-14H2,1H3,(H,25,28)/t17-,19-/m0/s1. The Balaban J connectivity index is 1.46. The maximum atomic E-state index is 12.9. The van der Waals surface area contributed by atoms with Gasteiger partial charge in [0.25, 0.3) is 5.91 Å². The van der Waals surface area contributed by atoms with Gasteiger partial charge in [-0.25, -0.2) is 0 Å². The zero-order valence-corrected chi connectivity index (χ0v) is 17.3. The maximum absolute atomic E-state index is 12.9. The van der Waals surface area contributed by atoms with Crippen LogP contribution in [0.25, 0.3) is 10.9 Å². The third-order valence-corrected chi connectivity index (χ3v) is 6.42. The highest BCUT2D eigenvalue weighted by atomic mass is 16.5. The van der Waals surface area contributed by atoms with Gasteiger partial charge < -0.3 is 15.2 Å². The van der Waals surface area contributed by atoms with Gasteiger partial charge in [0, 0.05) is 30.7 Å². The number of aromatic nitrogens is 1. The molecule has 1 aromatic heterocycles. The number of benzene rings is 1. The van der Waals surface area contributed by atoms with Gasteiger partial charge in [-0.15, -0.1) is 0 Å². The normalized spacial score (nSPS) is 22.8. The molecule has 2 heterocycles. The van der Waals surface area contributed by atoms with E-state index in [0.29, 0.717) is 24.4 Å². The quantitative estimate of drug-likeness (QED) is 0.735. The Morgan fingerprint density at radius 1 is 1.23 bits per heavy atom. The number of methoxy groups -OCH3 is 1. The summed E-state index contributed by atoms with van der Waals surface area (Å²) in [6.45, 7) is 1.46. The van der Waals surface area contributed by atoms with Crippen LogP contribution >= 0.6 is 0 Å². The summed E-state index contributed by atoms with van der Waals surface area (Å²) in [5.74, 6) is -0.128. The minimum Gasteiger partial charge on any atom is -0.505 e. The molecule has 1 aliphatic carbocycles. The summed E-state index contributed by atoms with van der Waals surface area (Å²) >= 11 is 0. The molecule has 1 amide bonds. The second kappa shape index (κ2) is 9.00. The van der Waals surface area contributed by atoms with Gasteiger partial charge in [-0.1, -0.05) is 31.4 Å². The smallest absolute Gasteiger partial charge is 0.323 e. The van der Waals surface area contributed by atoms with Gasteiger partial charge >= 0.3 is 5.97 Å². The minimum absolute atomic E-state index is 0.118. The summed E-state index contributed by atoms with van der Waals surface area (Å²) in [5.41, 5.74) is 0.601. The molecule has 2 atom stereocenters. The number of hydrogen-bond donors (Lipinski definition) is 2. The zero-order chi connectivity index (χ0) is 21.1. The van der Waals surface area contributed by atoms with Crippen molar-refractivity contribution in [3.63, 3.8) is 0 Å². The van der Waals surface area contributed by atoms with Crippen molar-refractivity contribution >= 4 is 22.8 Å². The molecule has 2 fully saturated rings. The largest absolute Gasteiger partial charge is 0.505 e. The number of phenols is 1. The molecule has 0 radical (unpaired) electrons. The number of carbonyl (C=O) groups excluding carboxylic acids is 2. The molecule has 1 aliphatic heterocycles. The van der Waals surface area contributed by atoms with Crippen LogP contribution < -0.4 is 5.32 Å². The van der Waals surface area contributed by atoms with Crippen molar-refractivity contribution in [3.05, 3.63) is 36.0 Å². The average Bonchev–Trinajstić information content (AvgIpc) is 3.16. The predicted octanol–water partition coefficient (Wildman–Crippen LogP) is 2.87. The van der Waals surface area contributed by atoms with Crippen LogP contribution in [-0.4, -0.2) is 59.1 Å². The number of nitrogens with zero attached hydrogens (tertiary/aromatic N) is 2. The third kappa shape index (κ3) is 4.26. The molecular weight excluding hydrogens is 382 g/mol. The number of rotatable bonds is 5. The van der Waals surface area contributed by atoms with Gasteiger partial charge in [0.05, 0.1) is 12.7 Å². The van der Waals surface area contributed by atoms with E-state index >= 15 is 0 Å². The van der Waals surface area contributed by atoms with Gasteiger partial charge in [-0.3, -0.25) is 19.5 Å². The van der Waals surface area contributed by atoms with E-state index in [9.17, 15) is 14.7 Å². The number of amides is 1. The fourth-order valence-corrected chi connectivity index (χ4v) is 4.87. The molecule has 1 saturated heterocycles. The van der Waals surface area contributed by atoms with E-state index in [4.69, 9.17) is 4.74 Å².